The number of thiazole rings is 1. The van der Waals surface area contributed by atoms with Gasteiger partial charge < -0.3 is 5.32 Å². The molecule has 0 aliphatic heterocycles. The van der Waals surface area contributed by atoms with Crippen molar-refractivity contribution in [1.82, 2.24) is 19.4 Å². The van der Waals surface area contributed by atoms with Crippen LogP contribution in [0.4, 0.5) is 0 Å². The van der Waals surface area contributed by atoms with E-state index in [1.54, 1.807) is 17.7 Å². The average Bonchev–Trinajstić information content (AvgIpc) is 3.11. The van der Waals surface area contributed by atoms with Crippen LogP contribution in [0, 0.1) is 10.9 Å². The molecule has 2 heterocycles. The average molecular weight is 503 g/mol. The fourth-order valence-corrected chi connectivity index (χ4v) is 5.42. The quantitative estimate of drug-likeness (QED) is 0.231. The molecule has 0 radical (unpaired) electrons. The third-order valence-electron chi connectivity index (χ3n) is 4.83. The molecule has 0 saturated carbocycles. The van der Waals surface area contributed by atoms with Crippen molar-refractivity contribution in [2.24, 2.45) is 7.05 Å². The zero-order valence-electron chi connectivity index (χ0n) is 17.3. The molecule has 0 saturated heterocycles. The molecule has 0 aliphatic carbocycles. The van der Waals surface area contributed by atoms with Crippen LogP contribution >= 0.6 is 46.9 Å². The molecular weight excluding hydrogens is 484 g/mol. The van der Waals surface area contributed by atoms with Gasteiger partial charge in [-0.1, -0.05) is 70.6 Å². The van der Waals surface area contributed by atoms with Crippen molar-refractivity contribution in [3.8, 4) is 5.69 Å². The number of aryl methyl sites for hydroxylation is 1. The minimum absolute atomic E-state index is 0.117. The van der Waals surface area contributed by atoms with Gasteiger partial charge in [-0.15, -0.1) is 0 Å². The van der Waals surface area contributed by atoms with Gasteiger partial charge in [0.2, 0.25) is 5.91 Å². The number of benzene rings is 2. The summed E-state index contributed by atoms with van der Waals surface area (Å²) in [6.45, 7) is 2.34. The van der Waals surface area contributed by atoms with E-state index in [0.29, 0.717) is 31.0 Å². The number of carbonyl (C=O) groups excluding carboxylic acids is 1. The second kappa shape index (κ2) is 9.58. The lowest BCUT2D eigenvalue weighted by atomic mass is 10.2. The van der Waals surface area contributed by atoms with Gasteiger partial charge in [-0.05, 0) is 42.9 Å². The van der Waals surface area contributed by atoms with E-state index in [4.69, 9.17) is 28.8 Å². The number of halogens is 1. The molecule has 0 bridgehead atoms. The Balaban J connectivity index is 1.58. The number of thioether (sulfide) groups is 1. The fraction of sp³-hybridized carbons (Fsp3) is 0.182. The predicted octanol–water partition coefficient (Wildman–Crippen LogP) is 4.89. The van der Waals surface area contributed by atoms with Gasteiger partial charge in [0.25, 0.3) is 5.56 Å². The molecule has 0 atom stereocenters. The molecule has 0 fully saturated rings. The third-order valence-corrected chi connectivity index (χ3v) is 7.58. The van der Waals surface area contributed by atoms with E-state index in [1.807, 2.05) is 49.4 Å². The van der Waals surface area contributed by atoms with Gasteiger partial charge in [-0.25, -0.2) is 4.98 Å². The smallest absolute Gasteiger partial charge is 0.273 e. The van der Waals surface area contributed by atoms with Crippen molar-refractivity contribution in [3.05, 3.63) is 79.0 Å². The third kappa shape index (κ3) is 4.66. The number of rotatable bonds is 6. The van der Waals surface area contributed by atoms with E-state index in [0.717, 1.165) is 16.8 Å². The monoisotopic (exact) mass is 502 g/mol. The second-order valence-electron chi connectivity index (χ2n) is 7.11. The highest BCUT2D eigenvalue weighted by molar-refractivity contribution is 7.99. The SMILES string of the molecule is Cc1ccc(-n2c(=S)sc3c(=O)n(C)c(SCC(=O)NCc4ccccc4Cl)nc32)cc1. The van der Waals surface area contributed by atoms with Gasteiger partial charge in [0, 0.05) is 24.3 Å². The van der Waals surface area contributed by atoms with Crippen molar-refractivity contribution in [2.45, 2.75) is 18.6 Å². The first kappa shape index (κ1) is 22.7. The Kier molecular flexibility index (Phi) is 6.80. The zero-order valence-corrected chi connectivity index (χ0v) is 20.5. The Labute approximate surface area is 202 Å². The van der Waals surface area contributed by atoms with E-state index < -0.39 is 0 Å². The van der Waals surface area contributed by atoms with Gasteiger partial charge in [0.1, 0.15) is 4.70 Å². The molecule has 4 rings (SSSR count). The lowest BCUT2D eigenvalue weighted by Crippen LogP contribution is -2.26. The molecule has 1 amide bonds. The molecule has 4 aromatic rings. The molecule has 10 heteroatoms. The Bertz CT molecular complexity index is 1420. The van der Waals surface area contributed by atoms with Crippen LogP contribution in [0.2, 0.25) is 5.02 Å². The molecule has 164 valence electrons. The number of amides is 1. The van der Waals surface area contributed by atoms with Gasteiger partial charge in [-0.3, -0.25) is 18.7 Å². The molecule has 6 nitrogen and oxygen atoms in total. The predicted molar refractivity (Wildman–Crippen MR) is 134 cm³/mol. The zero-order chi connectivity index (χ0) is 22.8. The summed E-state index contributed by atoms with van der Waals surface area (Å²) < 4.78 is 4.30. The van der Waals surface area contributed by atoms with Gasteiger partial charge in [0.15, 0.2) is 14.8 Å². The summed E-state index contributed by atoms with van der Waals surface area (Å²) >= 11 is 14.1. The number of aromatic nitrogens is 3. The van der Waals surface area contributed by atoms with E-state index >= 15 is 0 Å². The fourth-order valence-electron chi connectivity index (χ4n) is 3.08. The van der Waals surface area contributed by atoms with Crippen LogP contribution in [0.5, 0.6) is 0 Å². The van der Waals surface area contributed by atoms with Crippen molar-refractivity contribution < 1.29 is 4.79 Å². The molecule has 0 aliphatic rings. The number of fused-ring (bicyclic) bond motifs is 1. The summed E-state index contributed by atoms with van der Waals surface area (Å²) in [5.41, 5.74) is 3.14. The maximum absolute atomic E-state index is 12.9. The Morgan fingerprint density at radius 2 is 1.94 bits per heavy atom. The van der Waals surface area contributed by atoms with E-state index in [1.165, 1.54) is 27.7 Å². The second-order valence-corrected chi connectivity index (χ2v) is 10.1. The van der Waals surface area contributed by atoms with E-state index in [2.05, 4.69) is 5.32 Å². The van der Waals surface area contributed by atoms with Crippen LogP contribution in [0.3, 0.4) is 0 Å². The Hall–Kier alpha value is -2.46. The standard InChI is InChI=1S/C22H19ClN4O2S3/c1-13-7-9-15(10-8-13)27-19-18(32-22(27)30)20(29)26(2)21(25-19)31-12-17(28)24-11-14-5-3-4-6-16(14)23/h3-10H,11-12H2,1-2H3,(H,24,28). The topological polar surface area (TPSA) is 68.9 Å². The lowest BCUT2D eigenvalue weighted by molar-refractivity contribution is -0.118. The highest BCUT2D eigenvalue weighted by Crippen LogP contribution is 2.25. The number of nitrogens with zero attached hydrogens (tertiary/aromatic N) is 3. The Morgan fingerprint density at radius 1 is 1.22 bits per heavy atom. The molecule has 0 unspecified atom stereocenters. The van der Waals surface area contributed by atoms with E-state index in [9.17, 15) is 9.59 Å². The van der Waals surface area contributed by atoms with Crippen LogP contribution < -0.4 is 10.9 Å². The highest BCUT2D eigenvalue weighted by atomic mass is 35.5. The molecule has 2 aromatic heterocycles. The molecule has 1 N–H and O–H groups in total. The largest absolute Gasteiger partial charge is 0.351 e. The highest BCUT2D eigenvalue weighted by Gasteiger charge is 2.17. The summed E-state index contributed by atoms with van der Waals surface area (Å²) in [6, 6.07) is 15.2. The Morgan fingerprint density at radius 3 is 2.66 bits per heavy atom. The first-order chi connectivity index (χ1) is 15.3. The van der Waals surface area contributed by atoms with Crippen molar-refractivity contribution in [3.63, 3.8) is 0 Å². The summed E-state index contributed by atoms with van der Waals surface area (Å²) in [4.78, 5) is 30.0. The number of nitrogens with one attached hydrogen (secondary N) is 1. The lowest BCUT2D eigenvalue weighted by Gasteiger charge is -2.10. The van der Waals surface area contributed by atoms with Gasteiger partial charge in [0.05, 0.1) is 5.75 Å². The van der Waals surface area contributed by atoms with Crippen LogP contribution in [0.1, 0.15) is 11.1 Å². The normalized spacial score (nSPS) is 11.1. The number of hydrogen-bond acceptors (Lipinski definition) is 6. The van der Waals surface area contributed by atoms with Crippen molar-refractivity contribution in [2.75, 3.05) is 5.75 Å². The van der Waals surface area contributed by atoms with Gasteiger partial charge >= 0.3 is 0 Å². The number of hydrogen-bond donors (Lipinski definition) is 1. The molecule has 32 heavy (non-hydrogen) atoms. The summed E-state index contributed by atoms with van der Waals surface area (Å²) in [7, 11) is 1.65. The van der Waals surface area contributed by atoms with Crippen LogP contribution in [-0.4, -0.2) is 25.8 Å². The first-order valence-corrected chi connectivity index (χ1v) is 12.3. The molecular formula is C22H19ClN4O2S3. The van der Waals surface area contributed by atoms with Crippen molar-refractivity contribution >= 4 is 63.2 Å². The first-order valence-electron chi connectivity index (χ1n) is 9.67. The van der Waals surface area contributed by atoms with Crippen molar-refractivity contribution in [1.29, 1.82) is 0 Å². The van der Waals surface area contributed by atoms with Crippen LogP contribution in [0.15, 0.2) is 58.5 Å². The minimum Gasteiger partial charge on any atom is -0.351 e. The van der Waals surface area contributed by atoms with Gasteiger partial charge in [-0.2, -0.15) is 0 Å². The maximum Gasteiger partial charge on any atom is 0.273 e. The van der Waals surface area contributed by atoms with E-state index in [-0.39, 0.29) is 17.2 Å². The molecule has 0 spiro atoms. The maximum atomic E-state index is 12.9. The summed E-state index contributed by atoms with van der Waals surface area (Å²) in [5.74, 6) is -0.0593. The number of carbonyl (C=O) groups is 1. The summed E-state index contributed by atoms with van der Waals surface area (Å²) in [5, 5.41) is 3.90. The molecule has 2 aromatic carbocycles. The van der Waals surface area contributed by atoms with Crippen LogP contribution in [-0.2, 0) is 18.4 Å². The minimum atomic E-state index is -0.184. The van der Waals surface area contributed by atoms with Crippen LogP contribution in [0.25, 0.3) is 16.0 Å². The summed E-state index contributed by atoms with van der Waals surface area (Å²) in [6.07, 6.45) is 0.